The highest BCUT2D eigenvalue weighted by Gasteiger charge is 2.28. The predicted octanol–water partition coefficient (Wildman–Crippen LogP) is 6.28. The quantitative estimate of drug-likeness (QED) is 0.297. The number of nitrogens with zero attached hydrogens (tertiary/aromatic N) is 4. The molecule has 5 aromatic rings. The molecule has 0 unspecified atom stereocenters. The number of nitrogen functional groups attached to an aromatic ring is 1. The van der Waals surface area contributed by atoms with E-state index in [2.05, 4.69) is 23.4 Å². The van der Waals surface area contributed by atoms with Gasteiger partial charge in [0.05, 0.1) is 36.6 Å². The number of aromatic nitrogens is 4. The van der Waals surface area contributed by atoms with Crippen LogP contribution in [0.1, 0.15) is 31.2 Å². The normalized spacial score (nSPS) is 13.5. The van der Waals surface area contributed by atoms with Gasteiger partial charge in [0.2, 0.25) is 5.88 Å². The van der Waals surface area contributed by atoms with Crippen molar-refractivity contribution in [2.45, 2.75) is 25.7 Å². The van der Waals surface area contributed by atoms with E-state index < -0.39 is 0 Å². The van der Waals surface area contributed by atoms with Crippen molar-refractivity contribution in [3.8, 4) is 45.3 Å². The smallest absolute Gasteiger partial charge is 0.226 e. The number of ether oxygens (including phenoxy) is 2. The van der Waals surface area contributed by atoms with Gasteiger partial charge in [-0.05, 0) is 49.0 Å². The maximum absolute atomic E-state index is 6.24. The van der Waals surface area contributed by atoms with E-state index in [0.29, 0.717) is 22.8 Å². The molecule has 8 nitrogen and oxygen atoms in total. The molecule has 0 spiro atoms. The van der Waals surface area contributed by atoms with Gasteiger partial charge in [-0.15, -0.1) is 0 Å². The molecule has 0 bridgehead atoms. The monoisotopic (exact) mass is 493 g/mol. The molecule has 0 radical (unpaired) electrons. The first-order valence-corrected chi connectivity index (χ1v) is 12.3. The van der Waals surface area contributed by atoms with Crippen molar-refractivity contribution in [2.24, 2.45) is 0 Å². The van der Waals surface area contributed by atoms with Gasteiger partial charge in [0, 0.05) is 5.56 Å². The maximum Gasteiger partial charge on any atom is 0.226 e. The van der Waals surface area contributed by atoms with E-state index in [-0.39, 0.29) is 5.82 Å². The first kappa shape index (κ1) is 22.8. The highest BCUT2D eigenvalue weighted by Crippen LogP contribution is 2.44. The summed E-state index contributed by atoms with van der Waals surface area (Å²) in [5.74, 6) is 1.56. The van der Waals surface area contributed by atoms with E-state index in [4.69, 9.17) is 29.8 Å². The van der Waals surface area contributed by atoms with Crippen molar-refractivity contribution in [3.63, 3.8) is 0 Å². The van der Waals surface area contributed by atoms with Gasteiger partial charge in [-0.2, -0.15) is 9.61 Å². The fourth-order valence-electron chi connectivity index (χ4n) is 5.01. The molecule has 1 aliphatic rings. The number of anilines is 1. The third-order valence-corrected chi connectivity index (χ3v) is 6.81. The zero-order chi connectivity index (χ0) is 25.4. The Morgan fingerprint density at radius 1 is 0.892 bits per heavy atom. The van der Waals surface area contributed by atoms with E-state index >= 15 is 0 Å². The minimum absolute atomic E-state index is 0.259. The number of hydrogen-bond donors (Lipinski definition) is 1. The van der Waals surface area contributed by atoms with Crippen molar-refractivity contribution in [1.29, 1.82) is 0 Å². The molecule has 0 saturated carbocycles. The number of nitrogens with two attached hydrogens (primary N) is 1. The number of fused-ring (bicyclic) bond motifs is 1. The van der Waals surface area contributed by atoms with Crippen LogP contribution in [0.2, 0.25) is 0 Å². The fraction of sp³-hybridized carbons (Fsp3) is 0.207. The second-order valence-electron chi connectivity index (χ2n) is 8.99. The third kappa shape index (κ3) is 3.91. The molecule has 0 saturated heterocycles. The van der Waals surface area contributed by atoms with Gasteiger partial charge in [0.15, 0.2) is 11.5 Å². The molecule has 3 heterocycles. The average molecular weight is 494 g/mol. The lowest BCUT2D eigenvalue weighted by Gasteiger charge is -2.16. The molecule has 0 aliphatic heterocycles. The van der Waals surface area contributed by atoms with Crippen LogP contribution in [-0.2, 0) is 0 Å². The van der Waals surface area contributed by atoms with Crippen LogP contribution in [-0.4, -0.2) is 34.0 Å². The van der Waals surface area contributed by atoms with E-state index in [1.165, 1.54) is 18.3 Å². The minimum Gasteiger partial charge on any atom is -0.497 e. The molecule has 2 N–H and O–H groups in total. The van der Waals surface area contributed by atoms with Gasteiger partial charge in [0.1, 0.15) is 17.7 Å². The summed E-state index contributed by atoms with van der Waals surface area (Å²) in [6.07, 6.45) is 8.15. The van der Waals surface area contributed by atoms with E-state index in [1.807, 2.05) is 42.5 Å². The summed E-state index contributed by atoms with van der Waals surface area (Å²) in [5, 5.41) is 9.01. The molecule has 2 aromatic carbocycles. The molecule has 0 fully saturated rings. The lowest BCUT2D eigenvalue weighted by Crippen LogP contribution is -2.05. The first-order chi connectivity index (χ1) is 18.2. The number of benzene rings is 2. The van der Waals surface area contributed by atoms with Gasteiger partial charge >= 0.3 is 0 Å². The summed E-state index contributed by atoms with van der Waals surface area (Å²) in [6, 6.07) is 17.9. The van der Waals surface area contributed by atoms with Crippen LogP contribution in [0.4, 0.5) is 5.82 Å². The minimum atomic E-state index is 0.259. The van der Waals surface area contributed by atoms with Crippen molar-refractivity contribution in [2.75, 3.05) is 20.0 Å². The van der Waals surface area contributed by atoms with Crippen LogP contribution in [0.5, 0.6) is 11.6 Å². The highest BCUT2D eigenvalue weighted by atomic mass is 16.5. The summed E-state index contributed by atoms with van der Waals surface area (Å²) in [7, 11) is 3.29. The Kier molecular flexibility index (Phi) is 5.84. The van der Waals surface area contributed by atoms with Crippen LogP contribution in [0.15, 0.2) is 71.5 Å². The number of rotatable bonds is 6. The molecular formula is C29H27N5O3. The van der Waals surface area contributed by atoms with Crippen LogP contribution >= 0.6 is 0 Å². The summed E-state index contributed by atoms with van der Waals surface area (Å²) >= 11 is 0. The number of allylic oxidation sites excluding steroid dienone is 2. The Hall–Kier alpha value is -4.59. The SMILES string of the molecule is COc1ccc(-c2c(-c3conc3N)nc3c(C4=CCCCC4)c(-c4ccccc4)nn3c2OC)cc1. The van der Waals surface area contributed by atoms with Gasteiger partial charge in [0.25, 0.3) is 0 Å². The lowest BCUT2D eigenvalue weighted by atomic mass is 9.92. The molecule has 186 valence electrons. The van der Waals surface area contributed by atoms with Crippen molar-refractivity contribution in [3.05, 3.63) is 72.5 Å². The molecule has 37 heavy (non-hydrogen) atoms. The third-order valence-electron chi connectivity index (χ3n) is 6.81. The van der Waals surface area contributed by atoms with Gasteiger partial charge in [-0.1, -0.05) is 53.7 Å². The zero-order valence-electron chi connectivity index (χ0n) is 20.8. The summed E-state index contributed by atoms with van der Waals surface area (Å²) in [6.45, 7) is 0. The van der Waals surface area contributed by atoms with E-state index in [1.54, 1.807) is 18.7 Å². The van der Waals surface area contributed by atoms with Crippen LogP contribution in [0.3, 0.4) is 0 Å². The topological polar surface area (TPSA) is 101 Å². The molecule has 3 aromatic heterocycles. The Labute approximate surface area is 214 Å². The molecule has 6 rings (SSSR count). The average Bonchev–Trinajstić information content (AvgIpc) is 3.56. The predicted molar refractivity (Wildman–Crippen MR) is 143 cm³/mol. The highest BCUT2D eigenvalue weighted by molar-refractivity contribution is 5.93. The van der Waals surface area contributed by atoms with Gasteiger partial charge < -0.3 is 19.7 Å². The van der Waals surface area contributed by atoms with Crippen molar-refractivity contribution in [1.82, 2.24) is 19.8 Å². The molecule has 8 heteroatoms. The maximum atomic E-state index is 6.24. The van der Waals surface area contributed by atoms with Gasteiger partial charge in [-0.3, -0.25) is 0 Å². The molecule has 0 amide bonds. The van der Waals surface area contributed by atoms with E-state index in [0.717, 1.165) is 53.0 Å². The second-order valence-corrected chi connectivity index (χ2v) is 8.99. The summed E-state index contributed by atoms with van der Waals surface area (Å²) in [5.41, 5.74) is 13.9. The summed E-state index contributed by atoms with van der Waals surface area (Å²) in [4.78, 5) is 5.20. The lowest BCUT2D eigenvalue weighted by molar-refractivity contribution is 0.387. The standard InChI is InChI=1S/C29H27N5O3/c1-35-21-15-13-19(14-16-21)24-26(22-17-37-33-27(22)30)31-28-23(18-9-5-3-6-10-18)25(20-11-7-4-8-12-20)32-34(28)29(24)36-2/h4,7-9,11-17H,3,5-6,10H2,1-2H3,(H2,30,33). The van der Waals surface area contributed by atoms with Crippen molar-refractivity contribution < 1.29 is 14.0 Å². The molecule has 1 aliphatic carbocycles. The summed E-state index contributed by atoms with van der Waals surface area (Å²) < 4.78 is 18.5. The van der Waals surface area contributed by atoms with Crippen molar-refractivity contribution >= 4 is 17.0 Å². The van der Waals surface area contributed by atoms with Gasteiger partial charge in [-0.25, -0.2) is 4.98 Å². The van der Waals surface area contributed by atoms with Crippen LogP contribution in [0, 0.1) is 0 Å². The largest absolute Gasteiger partial charge is 0.497 e. The fourth-order valence-corrected chi connectivity index (χ4v) is 5.01. The first-order valence-electron chi connectivity index (χ1n) is 12.3. The Bertz CT molecular complexity index is 1600. The van der Waals surface area contributed by atoms with Crippen LogP contribution in [0.25, 0.3) is 44.9 Å². The van der Waals surface area contributed by atoms with E-state index in [9.17, 15) is 0 Å². The Morgan fingerprint density at radius 3 is 2.35 bits per heavy atom. The Morgan fingerprint density at radius 2 is 1.70 bits per heavy atom. The number of methoxy groups -OCH3 is 2. The van der Waals surface area contributed by atoms with Crippen LogP contribution < -0.4 is 15.2 Å². The Balaban J connectivity index is 1.73. The molecule has 0 atom stereocenters. The molecular weight excluding hydrogens is 466 g/mol. The second kappa shape index (κ2) is 9.46. The number of hydrogen-bond acceptors (Lipinski definition) is 7. The zero-order valence-corrected chi connectivity index (χ0v) is 20.8.